The number of aliphatic hydroxyl groups is 1. The highest BCUT2D eigenvalue weighted by atomic mass is 28.4. The third-order valence-electron chi connectivity index (χ3n) is 11.2. The molecule has 1 N–H and O–H groups in total. The van der Waals surface area contributed by atoms with Gasteiger partial charge in [0.05, 0.1) is 17.6 Å². The summed E-state index contributed by atoms with van der Waals surface area (Å²) in [6.07, 6.45) is 10.4. The molecule has 3 nitrogen and oxygen atoms in total. The third-order valence-corrected chi connectivity index (χ3v) is 15.8. The van der Waals surface area contributed by atoms with Crippen LogP contribution in [0.15, 0.2) is 0 Å². The maximum absolute atomic E-state index is 12.0. The average molecular weight is 432 g/mol. The second-order valence-electron chi connectivity index (χ2n) is 13.4. The van der Waals surface area contributed by atoms with Gasteiger partial charge in [-0.05, 0) is 99.1 Å². The molecular weight excluding hydrogens is 386 g/mol. The zero-order valence-corrected chi connectivity index (χ0v) is 21.6. The molecule has 0 radical (unpaired) electrons. The van der Waals surface area contributed by atoms with Crippen LogP contribution in [0, 0.1) is 45.8 Å². The molecule has 4 fully saturated rings. The van der Waals surface area contributed by atoms with Gasteiger partial charge in [0.2, 0.25) is 0 Å². The van der Waals surface area contributed by atoms with E-state index in [-0.39, 0.29) is 16.4 Å². The van der Waals surface area contributed by atoms with E-state index in [0.29, 0.717) is 23.4 Å². The van der Waals surface area contributed by atoms with Gasteiger partial charge in [-0.3, -0.25) is 0 Å². The normalized spacial score (nSPS) is 49.0. The molecule has 0 heterocycles. The number of nitriles is 1. The second-order valence-corrected chi connectivity index (χ2v) is 18.1. The largest absolute Gasteiger partial charge is 0.414 e. The fourth-order valence-electron chi connectivity index (χ4n) is 8.09. The highest BCUT2D eigenvalue weighted by molar-refractivity contribution is 6.74. The smallest absolute Gasteiger partial charge is 0.192 e. The van der Waals surface area contributed by atoms with E-state index < -0.39 is 13.9 Å². The lowest BCUT2D eigenvalue weighted by atomic mass is 9.43. The topological polar surface area (TPSA) is 53.2 Å². The first-order valence-electron chi connectivity index (χ1n) is 12.6. The van der Waals surface area contributed by atoms with Gasteiger partial charge in [0.25, 0.3) is 0 Å². The predicted octanol–water partition coefficient (Wildman–Crippen LogP) is 6.67. The quantitative estimate of drug-likeness (QED) is 0.496. The van der Waals surface area contributed by atoms with Gasteiger partial charge in [-0.2, -0.15) is 5.26 Å². The Balaban J connectivity index is 1.52. The Morgan fingerprint density at radius 3 is 2.30 bits per heavy atom. The summed E-state index contributed by atoms with van der Waals surface area (Å²) in [5, 5.41) is 22.0. The minimum Gasteiger partial charge on any atom is -0.414 e. The first-order chi connectivity index (χ1) is 13.8. The Morgan fingerprint density at radius 2 is 1.67 bits per heavy atom. The van der Waals surface area contributed by atoms with E-state index in [1.807, 2.05) is 0 Å². The van der Waals surface area contributed by atoms with Crippen LogP contribution in [-0.4, -0.2) is 25.1 Å². The minimum atomic E-state index is -1.73. The lowest BCUT2D eigenvalue weighted by molar-refractivity contribution is -0.206. The van der Waals surface area contributed by atoms with E-state index in [0.717, 1.165) is 31.6 Å². The van der Waals surface area contributed by atoms with Crippen molar-refractivity contribution in [1.29, 1.82) is 5.26 Å². The molecule has 30 heavy (non-hydrogen) atoms. The number of fused-ring (bicyclic) bond motifs is 5. The summed E-state index contributed by atoms with van der Waals surface area (Å²) in [4.78, 5) is 0. The molecule has 0 unspecified atom stereocenters. The summed E-state index contributed by atoms with van der Waals surface area (Å²) in [6.45, 7) is 16.6. The first kappa shape index (κ1) is 22.8. The van der Waals surface area contributed by atoms with Crippen LogP contribution in [0.25, 0.3) is 0 Å². The molecule has 170 valence electrons. The molecule has 0 aromatic heterocycles. The van der Waals surface area contributed by atoms with Crippen molar-refractivity contribution in [3.63, 3.8) is 0 Å². The first-order valence-corrected chi connectivity index (χ1v) is 15.5. The van der Waals surface area contributed by atoms with Crippen molar-refractivity contribution < 1.29 is 9.53 Å². The molecule has 0 saturated heterocycles. The highest BCUT2D eigenvalue weighted by Gasteiger charge is 2.67. The summed E-state index contributed by atoms with van der Waals surface area (Å²) >= 11 is 0. The molecule has 4 heteroatoms. The molecule has 0 aliphatic heterocycles. The van der Waals surface area contributed by atoms with E-state index in [2.05, 4.69) is 53.8 Å². The van der Waals surface area contributed by atoms with Crippen molar-refractivity contribution in [2.24, 2.45) is 34.5 Å². The molecule has 4 aliphatic rings. The van der Waals surface area contributed by atoms with Crippen molar-refractivity contribution >= 4 is 8.32 Å². The number of hydrogen-bond donors (Lipinski definition) is 1. The summed E-state index contributed by atoms with van der Waals surface area (Å²) in [7, 11) is -1.73. The van der Waals surface area contributed by atoms with E-state index >= 15 is 0 Å². The third kappa shape index (κ3) is 3.09. The number of hydrogen-bond acceptors (Lipinski definition) is 3. The van der Waals surface area contributed by atoms with Crippen LogP contribution >= 0.6 is 0 Å². The van der Waals surface area contributed by atoms with Gasteiger partial charge in [-0.15, -0.1) is 0 Å². The minimum absolute atomic E-state index is 0.0303. The maximum atomic E-state index is 12.0. The van der Waals surface area contributed by atoms with Crippen LogP contribution in [0.4, 0.5) is 0 Å². The van der Waals surface area contributed by atoms with Gasteiger partial charge < -0.3 is 9.53 Å². The highest BCUT2D eigenvalue weighted by Crippen LogP contribution is 2.69. The van der Waals surface area contributed by atoms with Crippen molar-refractivity contribution in [2.75, 3.05) is 0 Å². The SMILES string of the molecule is CC(C)(C)[Si](C)(C)O[C@H]1CC[C@@]2(C)[C@H](CC[C@@H]3[C@@H]2CC[C@]2(C)[C@H](C#N)CC[C@]32O)C1. The lowest BCUT2D eigenvalue weighted by Gasteiger charge is -2.63. The van der Waals surface area contributed by atoms with Crippen molar-refractivity contribution in [3.8, 4) is 6.07 Å². The second kappa shape index (κ2) is 7.06. The van der Waals surface area contributed by atoms with Crippen LogP contribution in [0.5, 0.6) is 0 Å². The number of rotatable bonds is 2. The van der Waals surface area contributed by atoms with Crippen LogP contribution in [0.1, 0.15) is 92.4 Å². The molecule has 4 saturated carbocycles. The maximum Gasteiger partial charge on any atom is 0.192 e. The molecule has 4 aliphatic carbocycles. The van der Waals surface area contributed by atoms with Crippen LogP contribution in [-0.2, 0) is 4.43 Å². The fraction of sp³-hybridized carbons (Fsp3) is 0.962. The van der Waals surface area contributed by atoms with Crippen molar-refractivity contribution in [3.05, 3.63) is 0 Å². The number of nitrogens with zero attached hydrogens (tertiary/aromatic N) is 1. The van der Waals surface area contributed by atoms with Gasteiger partial charge >= 0.3 is 0 Å². The van der Waals surface area contributed by atoms with Gasteiger partial charge in [0.15, 0.2) is 8.32 Å². The molecule has 0 amide bonds. The molecule has 0 aromatic carbocycles. The van der Waals surface area contributed by atoms with E-state index in [4.69, 9.17) is 4.43 Å². The average Bonchev–Trinajstić information content (AvgIpc) is 2.92. The van der Waals surface area contributed by atoms with Crippen LogP contribution in [0.3, 0.4) is 0 Å². The molecule has 0 aromatic rings. The Labute approximate surface area is 186 Å². The summed E-state index contributed by atoms with van der Waals surface area (Å²) in [5.41, 5.74) is -0.495. The van der Waals surface area contributed by atoms with E-state index in [1.54, 1.807) is 0 Å². The van der Waals surface area contributed by atoms with Gasteiger partial charge in [-0.25, -0.2) is 0 Å². The fourth-order valence-corrected chi connectivity index (χ4v) is 9.49. The summed E-state index contributed by atoms with van der Waals surface area (Å²) in [6, 6.07) is 2.56. The van der Waals surface area contributed by atoms with Gasteiger partial charge in [-0.1, -0.05) is 34.6 Å². The van der Waals surface area contributed by atoms with Gasteiger partial charge in [0.1, 0.15) is 0 Å². The van der Waals surface area contributed by atoms with E-state index in [1.165, 1.54) is 32.1 Å². The van der Waals surface area contributed by atoms with E-state index in [9.17, 15) is 10.4 Å². The zero-order chi connectivity index (χ0) is 22.2. The van der Waals surface area contributed by atoms with Crippen LogP contribution < -0.4 is 0 Å². The predicted molar refractivity (Wildman–Crippen MR) is 124 cm³/mol. The Hall–Kier alpha value is -0.373. The molecule has 0 bridgehead atoms. The Morgan fingerprint density at radius 1 is 0.967 bits per heavy atom. The molecule has 0 spiro atoms. The van der Waals surface area contributed by atoms with Gasteiger partial charge in [0, 0.05) is 11.5 Å². The standard InChI is InChI=1S/C26H45NO2Si/c1-23(2,3)30(6,7)29-20-11-13-24(4)18(16-20)8-9-22-21(24)12-14-25(5)19(17-27)10-15-26(22,25)28/h18-22,28H,8-16H2,1-7H3/t18-,19+,20+,21+,22-,24+,25-,26+/m1/s1. The lowest BCUT2D eigenvalue weighted by Crippen LogP contribution is -2.62. The zero-order valence-electron chi connectivity index (χ0n) is 20.6. The molecular formula is C26H45NO2Si. The van der Waals surface area contributed by atoms with Crippen LogP contribution in [0.2, 0.25) is 18.1 Å². The Kier molecular flexibility index (Phi) is 5.37. The van der Waals surface area contributed by atoms with Crippen molar-refractivity contribution in [1.82, 2.24) is 0 Å². The summed E-state index contributed by atoms with van der Waals surface area (Å²) in [5.74, 6) is 1.75. The monoisotopic (exact) mass is 431 g/mol. The molecule has 8 atom stereocenters. The Bertz CT molecular complexity index is 724. The molecule has 4 rings (SSSR count). The van der Waals surface area contributed by atoms with Crippen molar-refractivity contribution in [2.45, 2.75) is 122 Å². The summed E-state index contributed by atoms with van der Waals surface area (Å²) < 4.78 is 6.86.